The van der Waals surface area contributed by atoms with Gasteiger partial charge in [-0.15, -0.1) is 0 Å². The molecule has 0 radical (unpaired) electrons. The van der Waals surface area contributed by atoms with Gasteiger partial charge in [-0.05, 0) is 79.4 Å². The molecular formula is C29H45NO6. The van der Waals surface area contributed by atoms with Crippen molar-refractivity contribution in [2.75, 3.05) is 13.7 Å². The molecule has 2 aliphatic carbocycles. The first-order chi connectivity index (χ1) is 17.2. The smallest absolute Gasteiger partial charge is 0.344 e. The van der Waals surface area contributed by atoms with E-state index in [0.717, 1.165) is 63.4 Å². The highest BCUT2D eigenvalue weighted by Gasteiger charge is 2.45. The number of aliphatic hydroxyl groups excluding tert-OH is 2. The number of hydrogen-bond acceptors (Lipinski definition) is 6. The minimum atomic E-state index is -0.849. The lowest BCUT2D eigenvalue weighted by molar-refractivity contribution is -0.160. The van der Waals surface area contributed by atoms with E-state index in [1.165, 1.54) is 12.6 Å². The van der Waals surface area contributed by atoms with Crippen molar-refractivity contribution in [2.24, 2.45) is 23.7 Å². The van der Waals surface area contributed by atoms with Gasteiger partial charge in [0.25, 0.3) is 5.91 Å². The predicted octanol–water partition coefficient (Wildman–Crippen LogP) is 3.81. The molecule has 1 fully saturated rings. The summed E-state index contributed by atoms with van der Waals surface area (Å²) in [6, 6.07) is 5.93. The number of amides is 1. The number of rotatable bonds is 13. The molecule has 0 spiro atoms. The number of aliphatic hydroxyl groups is 2. The lowest BCUT2D eigenvalue weighted by Gasteiger charge is -2.32. The lowest BCUT2D eigenvalue weighted by Crippen LogP contribution is -2.40. The summed E-state index contributed by atoms with van der Waals surface area (Å²) in [5.41, 5.74) is 2.31. The first-order valence-corrected chi connectivity index (χ1v) is 13.8. The Labute approximate surface area is 216 Å². The quantitative estimate of drug-likeness (QED) is 0.279. The molecule has 0 aromatic heterocycles. The molecule has 6 atom stereocenters. The molecule has 0 saturated heterocycles. The summed E-state index contributed by atoms with van der Waals surface area (Å²) in [7, 11) is 1.52. The zero-order valence-corrected chi connectivity index (χ0v) is 22.4. The second-order valence-electron chi connectivity index (χ2n) is 11.0. The van der Waals surface area contributed by atoms with E-state index in [1.54, 1.807) is 0 Å². The van der Waals surface area contributed by atoms with Crippen LogP contribution in [0.15, 0.2) is 18.2 Å². The summed E-state index contributed by atoms with van der Waals surface area (Å²) in [4.78, 5) is 24.4. The summed E-state index contributed by atoms with van der Waals surface area (Å²) in [6.07, 6.45) is 6.80. The van der Waals surface area contributed by atoms with Crippen molar-refractivity contribution in [1.82, 2.24) is 5.32 Å². The van der Waals surface area contributed by atoms with Gasteiger partial charge < -0.3 is 25.0 Å². The van der Waals surface area contributed by atoms with Gasteiger partial charge in [0, 0.05) is 7.05 Å². The zero-order valence-electron chi connectivity index (χ0n) is 22.4. The van der Waals surface area contributed by atoms with E-state index in [-0.39, 0.29) is 36.6 Å². The molecule has 1 saturated carbocycles. The number of hydrogen-bond donors (Lipinski definition) is 3. The number of benzene rings is 1. The Balaban J connectivity index is 1.59. The van der Waals surface area contributed by atoms with Crippen LogP contribution in [0.25, 0.3) is 0 Å². The largest absolute Gasteiger partial charge is 0.482 e. The minimum Gasteiger partial charge on any atom is -0.482 e. The Kier molecular flexibility index (Phi) is 10.6. The third-order valence-corrected chi connectivity index (χ3v) is 8.03. The molecular weight excluding hydrogens is 458 g/mol. The van der Waals surface area contributed by atoms with Crippen molar-refractivity contribution in [1.29, 1.82) is 0 Å². The van der Waals surface area contributed by atoms with E-state index in [1.807, 2.05) is 26.0 Å². The van der Waals surface area contributed by atoms with E-state index < -0.39 is 12.1 Å². The normalized spacial score (nSPS) is 24.5. The van der Waals surface area contributed by atoms with Gasteiger partial charge in [0.1, 0.15) is 5.75 Å². The summed E-state index contributed by atoms with van der Waals surface area (Å²) in [6.45, 7) is 5.56. The number of carbonyl (C=O) groups is 2. The van der Waals surface area contributed by atoms with E-state index in [0.29, 0.717) is 17.6 Å². The summed E-state index contributed by atoms with van der Waals surface area (Å²) in [5.74, 6) is 0.602. The number of fused-ring (bicyclic) bond motifs is 2. The Hall–Kier alpha value is -2.12. The molecule has 0 bridgehead atoms. The highest BCUT2D eigenvalue weighted by atomic mass is 16.6. The topological polar surface area (TPSA) is 105 Å². The maximum absolute atomic E-state index is 12.4. The van der Waals surface area contributed by atoms with Crippen LogP contribution in [0.5, 0.6) is 5.75 Å². The van der Waals surface area contributed by atoms with Crippen LogP contribution in [0.3, 0.4) is 0 Å². The Morgan fingerprint density at radius 2 is 1.94 bits per heavy atom. The molecule has 36 heavy (non-hydrogen) atoms. The van der Waals surface area contributed by atoms with Gasteiger partial charge >= 0.3 is 5.97 Å². The third-order valence-electron chi connectivity index (χ3n) is 8.03. The van der Waals surface area contributed by atoms with Gasteiger partial charge in [0.05, 0.1) is 12.2 Å². The maximum Gasteiger partial charge on any atom is 0.344 e. The van der Waals surface area contributed by atoms with Crippen LogP contribution < -0.4 is 10.1 Å². The van der Waals surface area contributed by atoms with E-state index in [9.17, 15) is 19.8 Å². The van der Waals surface area contributed by atoms with Crippen molar-refractivity contribution in [3.05, 3.63) is 29.3 Å². The number of carbonyl (C=O) groups excluding carboxylic acids is 2. The molecule has 7 heteroatoms. The first kappa shape index (κ1) is 28.5. The molecule has 1 aromatic rings. The Morgan fingerprint density at radius 1 is 1.17 bits per heavy atom. The average molecular weight is 504 g/mol. The fourth-order valence-electron chi connectivity index (χ4n) is 6.05. The summed E-state index contributed by atoms with van der Waals surface area (Å²) >= 11 is 0. The minimum absolute atomic E-state index is 0.144. The summed E-state index contributed by atoms with van der Waals surface area (Å²) in [5, 5.41) is 23.8. The van der Waals surface area contributed by atoms with Crippen LogP contribution in [0.1, 0.15) is 76.8 Å². The van der Waals surface area contributed by atoms with Crippen molar-refractivity contribution in [3.63, 3.8) is 0 Å². The molecule has 6 unspecified atom stereocenters. The second-order valence-corrected chi connectivity index (χ2v) is 11.0. The molecule has 2 aliphatic rings. The van der Waals surface area contributed by atoms with Crippen LogP contribution in [-0.2, 0) is 27.2 Å². The van der Waals surface area contributed by atoms with Crippen molar-refractivity contribution in [2.45, 2.75) is 96.9 Å². The molecule has 1 amide bonds. The standard InChI is InChI=1S/C29H45NO6/c1-5-6-7-10-21(31)12-13-22-23-14-19-9-8-11-26(24(19)15-20(23)16-25(22)32)35-17-27(33)36-28(18(2)3)29(34)30-4/h8-9,11,18,20-23,25,28,31-32H,5-7,10,12-17H2,1-4H3,(H,30,34). The average Bonchev–Trinajstić information content (AvgIpc) is 3.16. The predicted molar refractivity (Wildman–Crippen MR) is 139 cm³/mol. The van der Waals surface area contributed by atoms with Crippen LogP contribution >= 0.6 is 0 Å². The Bertz CT molecular complexity index is 871. The van der Waals surface area contributed by atoms with Gasteiger partial charge in [0.2, 0.25) is 0 Å². The van der Waals surface area contributed by atoms with Gasteiger partial charge in [-0.1, -0.05) is 52.2 Å². The summed E-state index contributed by atoms with van der Waals surface area (Å²) < 4.78 is 11.3. The highest BCUT2D eigenvalue weighted by molar-refractivity contribution is 5.84. The fraction of sp³-hybridized carbons (Fsp3) is 0.724. The van der Waals surface area contributed by atoms with Crippen molar-refractivity contribution >= 4 is 11.9 Å². The molecule has 1 aromatic carbocycles. The number of likely N-dealkylation sites (N-methyl/N-ethyl adjacent to an activating group) is 1. The van der Waals surface area contributed by atoms with E-state index in [4.69, 9.17) is 9.47 Å². The third kappa shape index (κ3) is 7.22. The number of unbranched alkanes of at least 4 members (excludes halogenated alkanes) is 2. The van der Waals surface area contributed by atoms with Crippen molar-refractivity contribution < 1.29 is 29.3 Å². The second kappa shape index (κ2) is 13.4. The number of nitrogens with one attached hydrogen (secondary N) is 1. The first-order valence-electron chi connectivity index (χ1n) is 13.8. The fourth-order valence-corrected chi connectivity index (χ4v) is 6.05. The van der Waals surface area contributed by atoms with Crippen molar-refractivity contribution in [3.8, 4) is 5.75 Å². The number of ether oxygens (including phenoxy) is 2. The maximum atomic E-state index is 12.4. The zero-order chi connectivity index (χ0) is 26.2. The number of esters is 1. The van der Waals surface area contributed by atoms with Gasteiger partial charge in [-0.3, -0.25) is 4.79 Å². The lowest BCUT2D eigenvalue weighted by atomic mass is 9.73. The van der Waals surface area contributed by atoms with Crippen LogP contribution in [0, 0.1) is 23.7 Å². The van der Waals surface area contributed by atoms with E-state index in [2.05, 4.69) is 18.3 Å². The molecule has 3 rings (SSSR count). The molecule has 0 aliphatic heterocycles. The molecule has 3 N–H and O–H groups in total. The van der Waals surface area contributed by atoms with Gasteiger partial charge in [-0.2, -0.15) is 0 Å². The van der Waals surface area contributed by atoms with Crippen LogP contribution in [0.4, 0.5) is 0 Å². The SMILES string of the molecule is CCCCCC(O)CCC1C(O)CC2Cc3c(cccc3OCC(=O)OC(C(=O)NC)C(C)C)CC21. The highest BCUT2D eigenvalue weighted by Crippen LogP contribution is 2.48. The van der Waals surface area contributed by atoms with Gasteiger partial charge in [-0.25, -0.2) is 4.79 Å². The van der Waals surface area contributed by atoms with Crippen LogP contribution in [0.2, 0.25) is 0 Å². The van der Waals surface area contributed by atoms with Crippen LogP contribution in [-0.4, -0.2) is 54.1 Å². The Morgan fingerprint density at radius 3 is 2.64 bits per heavy atom. The monoisotopic (exact) mass is 503 g/mol. The molecule has 202 valence electrons. The van der Waals surface area contributed by atoms with Gasteiger partial charge in [0.15, 0.2) is 12.7 Å². The van der Waals surface area contributed by atoms with E-state index >= 15 is 0 Å². The molecule has 7 nitrogen and oxygen atoms in total. The molecule has 0 heterocycles.